The van der Waals surface area contributed by atoms with Crippen LogP contribution in [0.4, 0.5) is 5.13 Å². The van der Waals surface area contributed by atoms with Gasteiger partial charge in [-0.2, -0.15) is 0 Å². The van der Waals surface area contributed by atoms with Crippen LogP contribution in [0.5, 0.6) is 5.75 Å². The molecule has 0 spiro atoms. The number of anilines is 1. The number of methoxy groups -OCH3 is 1. The summed E-state index contributed by atoms with van der Waals surface area (Å²) in [6.07, 6.45) is 1.80. The molecule has 0 aliphatic carbocycles. The minimum atomic E-state index is -0.146. The summed E-state index contributed by atoms with van der Waals surface area (Å²) in [5.41, 5.74) is 3.79. The normalized spacial score (nSPS) is 10.9. The number of amides is 1. The molecule has 5 nitrogen and oxygen atoms in total. The number of benzene rings is 1. The van der Waals surface area contributed by atoms with Crippen molar-refractivity contribution in [3.8, 4) is 16.9 Å². The van der Waals surface area contributed by atoms with Crippen LogP contribution in [-0.4, -0.2) is 23.0 Å². The average molecular weight is 396 g/mol. The molecule has 0 radical (unpaired) electrons. The summed E-state index contributed by atoms with van der Waals surface area (Å²) in [5.74, 6) is 0.538. The Labute approximate surface area is 164 Å². The van der Waals surface area contributed by atoms with Crippen molar-refractivity contribution in [3.05, 3.63) is 58.0 Å². The van der Waals surface area contributed by atoms with E-state index in [0.29, 0.717) is 15.8 Å². The summed E-state index contributed by atoms with van der Waals surface area (Å²) in [6.45, 7) is 3.94. The molecule has 1 aromatic carbocycles. The van der Waals surface area contributed by atoms with E-state index in [2.05, 4.69) is 15.3 Å². The van der Waals surface area contributed by atoms with Crippen molar-refractivity contribution in [1.29, 1.82) is 0 Å². The SMILES string of the molecule is COc1ccc(-c2ccnc(C)c2)c2sc(NC(=O)c3ccc(C)s3)nc12. The molecule has 1 amide bonds. The fourth-order valence-corrected chi connectivity index (χ4v) is 4.63. The van der Waals surface area contributed by atoms with Crippen molar-refractivity contribution < 1.29 is 9.53 Å². The third-order valence-corrected chi connectivity index (χ3v) is 6.12. The van der Waals surface area contributed by atoms with E-state index in [-0.39, 0.29) is 5.91 Å². The summed E-state index contributed by atoms with van der Waals surface area (Å²) < 4.78 is 6.44. The first-order valence-electron chi connectivity index (χ1n) is 8.33. The van der Waals surface area contributed by atoms with Crippen LogP contribution >= 0.6 is 22.7 Å². The van der Waals surface area contributed by atoms with Crippen molar-refractivity contribution >= 4 is 43.9 Å². The van der Waals surface area contributed by atoms with Gasteiger partial charge in [-0.3, -0.25) is 15.1 Å². The van der Waals surface area contributed by atoms with Crippen molar-refractivity contribution in [2.24, 2.45) is 0 Å². The lowest BCUT2D eigenvalue weighted by Crippen LogP contribution is -2.09. The maximum atomic E-state index is 12.5. The number of pyridine rings is 1. The number of nitrogens with zero attached hydrogens (tertiary/aromatic N) is 2. The first-order valence-corrected chi connectivity index (χ1v) is 9.97. The molecule has 0 saturated carbocycles. The summed E-state index contributed by atoms with van der Waals surface area (Å²) >= 11 is 2.91. The largest absolute Gasteiger partial charge is 0.494 e. The van der Waals surface area contributed by atoms with E-state index in [1.807, 2.05) is 50.2 Å². The molecular weight excluding hydrogens is 378 g/mol. The molecule has 0 saturated heterocycles. The van der Waals surface area contributed by atoms with Crippen LogP contribution < -0.4 is 10.1 Å². The summed E-state index contributed by atoms with van der Waals surface area (Å²) in [7, 11) is 1.62. The van der Waals surface area contributed by atoms with E-state index >= 15 is 0 Å². The number of aromatic nitrogens is 2. The van der Waals surface area contributed by atoms with E-state index in [4.69, 9.17) is 4.74 Å². The number of aryl methyl sites for hydroxylation is 2. The Morgan fingerprint density at radius 2 is 1.96 bits per heavy atom. The van der Waals surface area contributed by atoms with Gasteiger partial charge in [-0.05, 0) is 55.8 Å². The molecule has 0 aliphatic rings. The van der Waals surface area contributed by atoms with Crippen LogP contribution in [0.1, 0.15) is 20.2 Å². The van der Waals surface area contributed by atoms with Gasteiger partial charge in [0.25, 0.3) is 5.91 Å². The highest BCUT2D eigenvalue weighted by Crippen LogP contribution is 2.39. The molecule has 136 valence electrons. The second-order valence-electron chi connectivity index (χ2n) is 6.06. The maximum Gasteiger partial charge on any atom is 0.267 e. The van der Waals surface area contributed by atoms with Gasteiger partial charge in [0.15, 0.2) is 5.13 Å². The monoisotopic (exact) mass is 395 g/mol. The van der Waals surface area contributed by atoms with Crippen molar-refractivity contribution in [1.82, 2.24) is 9.97 Å². The molecule has 7 heteroatoms. The Bertz CT molecular complexity index is 1150. The minimum Gasteiger partial charge on any atom is -0.494 e. The lowest BCUT2D eigenvalue weighted by molar-refractivity contribution is 0.103. The number of hydrogen-bond donors (Lipinski definition) is 1. The molecular formula is C20H17N3O2S2. The quantitative estimate of drug-likeness (QED) is 0.509. The molecule has 4 rings (SSSR count). The number of thiophene rings is 1. The molecule has 3 aromatic heterocycles. The van der Waals surface area contributed by atoms with Crippen LogP contribution in [0.3, 0.4) is 0 Å². The van der Waals surface area contributed by atoms with Gasteiger partial charge in [0.1, 0.15) is 11.3 Å². The first-order chi connectivity index (χ1) is 13.0. The lowest BCUT2D eigenvalue weighted by atomic mass is 10.1. The first kappa shape index (κ1) is 17.6. The second kappa shape index (κ2) is 7.09. The highest BCUT2D eigenvalue weighted by Gasteiger charge is 2.17. The predicted molar refractivity (Wildman–Crippen MR) is 111 cm³/mol. The molecule has 0 atom stereocenters. The topological polar surface area (TPSA) is 64.1 Å². The molecule has 4 aromatic rings. The van der Waals surface area contributed by atoms with E-state index in [1.54, 1.807) is 13.3 Å². The van der Waals surface area contributed by atoms with E-state index in [0.717, 1.165) is 31.9 Å². The molecule has 0 aliphatic heterocycles. The number of hydrogen-bond acceptors (Lipinski definition) is 6. The molecule has 0 fully saturated rings. The van der Waals surface area contributed by atoms with Gasteiger partial charge in [0, 0.05) is 22.3 Å². The van der Waals surface area contributed by atoms with Crippen molar-refractivity contribution in [2.45, 2.75) is 13.8 Å². The van der Waals surface area contributed by atoms with Crippen LogP contribution in [0.15, 0.2) is 42.6 Å². The zero-order chi connectivity index (χ0) is 19.0. The number of carbonyl (C=O) groups excluding carboxylic acids is 1. The zero-order valence-electron chi connectivity index (χ0n) is 15.1. The summed E-state index contributed by atoms with van der Waals surface area (Å²) in [5, 5.41) is 3.47. The fraction of sp³-hybridized carbons (Fsp3) is 0.150. The Morgan fingerprint density at radius 3 is 2.67 bits per heavy atom. The van der Waals surface area contributed by atoms with Gasteiger partial charge in [-0.15, -0.1) is 11.3 Å². The standard InChI is InChI=1S/C20H17N3O2S2/c1-11-10-13(8-9-21-11)14-5-6-15(25-3)17-18(14)27-20(22-17)23-19(24)16-7-4-12(2)26-16/h4-10H,1-3H3,(H,22,23,24). The van der Waals surface area contributed by atoms with E-state index in [1.165, 1.54) is 22.7 Å². The Hall–Kier alpha value is -2.77. The second-order valence-corrected chi connectivity index (χ2v) is 8.35. The van der Waals surface area contributed by atoms with E-state index < -0.39 is 0 Å². The van der Waals surface area contributed by atoms with Crippen LogP contribution in [0.25, 0.3) is 21.3 Å². The van der Waals surface area contributed by atoms with Crippen molar-refractivity contribution in [2.75, 3.05) is 12.4 Å². The van der Waals surface area contributed by atoms with Gasteiger partial charge in [0.05, 0.1) is 16.7 Å². The third kappa shape index (κ3) is 3.43. The summed E-state index contributed by atoms with van der Waals surface area (Å²) in [4.78, 5) is 23.1. The highest BCUT2D eigenvalue weighted by molar-refractivity contribution is 7.23. The highest BCUT2D eigenvalue weighted by atomic mass is 32.1. The smallest absolute Gasteiger partial charge is 0.267 e. The average Bonchev–Trinajstić information content (AvgIpc) is 3.27. The maximum absolute atomic E-state index is 12.5. The number of fused-ring (bicyclic) bond motifs is 1. The number of carbonyl (C=O) groups is 1. The van der Waals surface area contributed by atoms with Gasteiger partial charge < -0.3 is 4.74 Å². The fourth-order valence-electron chi connectivity index (χ4n) is 2.86. The molecule has 0 bridgehead atoms. The Morgan fingerprint density at radius 1 is 1.11 bits per heavy atom. The number of nitrogens with one attached hydrogen (secondary N) is 1. The molecule has 0 unspecified atom stereocenters. The van der Waals surface area contributed by atoms with Gasteiger partial charge in [-0.1, -0.05) is 11.3 Å². The van der Waals surface area contributed by atoms with Gasteiger partial charge in [-0.25, -0.2) is 4.98 Å². The lowest BCUT2D eigenvalue weighted by Gasteiger charge is -2.06. The summed E-state index contributed by atoms with van der Waals surface area (Å²) in [6, 6.07) is 11.7. The third-order valence-electron chi connectivity index (χ3n) is 4.12. The van der Waals surface area contributed by atoms with E-state index in [9.17, 15) is 4.79 Å². The predicted octanol–water partition coefficient (Wildman–Crippen LogP) is 5.30. The number of ether oxygens (including phenoxy) is 1. The molecule has 1 N–H and O–H groups in total. The molecule has 27 heavy (non-hydrogen) atoms. The van der Waals surface area contributed by atoms with Crippen molar-refractivity contribution in [3.63, 3.8) is 0 Å². The number of rotatable bonds is 4. The molecule has 3 heterocycles. The minimum absolute atomic E-state index is 0.146. The Balaban J connectivity index is 1.78. The Kier molecular flexibility index (Phi) is 4.63. The van der Waals surface area contributed by atoms with Crippen LogP contribution in [-0.2, 0) is 0 Å². The van der Waals surface area contributed by atoms with Gasteiger partial charge >= 0.3 is 0 Å². The van der Waals surface area contributed by atoms with Crippen LogP contribution in [0, 0.1) is 13.8 Å². The van der Waals surface area contributed by atoms with Crippen LogP contribution in [0.2, 0.25) is 0 Å². The van der Waals surface area contributed by atoms with Gasteiger partial charge in [0.2, 0.25) is 0 Å². The zero-order valence-corrected chi connectivity index (χ0v) is 16.7. The number of thiazole rings is 1.